The first-order valence-corrected chi connectivity index (χ1v) is 10.6. The minimum atomic E-state index is -0.148. The fourth-order valence-electron chi connectivity index (χ4n) is 6.02. The quantitative estimate of drug-likeness (QED) is 0.657. The molecule has 2 heterocycles. The summed E-state index contributed by atoms with van der Waals surface area (Å²) in [5, 5.41) is 1.04. The van der Waals surface area contributed by atoms with Gasteiger partial charge in [-0.15, -0.1) is 0 Å². The van der Waals surface area contributed by atoms with Crippen molar-refractivity contribution in [3.8, 4) is 0 Å². The van der Waals surface area contributed by atoms with Crippen LogP contribution >= 0.6 is 0 Å². The molecule has 2 fully saturated rings. The van der Waals surface area contributed by atoms with Crippen LogP contribution in [-0.4, -0.2) is 28.1 Å². The van der Waals surface area contributed by atoms with E-state index in [4.69, 9.17) is 0 Å². The minimum absolute atomic E-state index is 0.00293. The van der Waals surface area contributed by atoms with E-state index < -0.39 is 0 Å². The van der Waals surface area contributed by atoms with Gasteiger partial charge in [0, 0.05) is 40.2 Å². The number of ketones is 1. The molecule has 2 aromatic carbocycles. The number of fused-ring (bicyclic) bond motifs is 3. The second kappa shape index (κ2) is 5.20. The van der Waals surface area contributed by atoms with Crippen LogP contribution in [0.25, 0.3) is 16.5 Å². The molecule has 30 heavy (non-hydrogen) atoms. The van der Waals surface area contributed by atoms with Crippen molar-refractivity contribution in [2.24, 2.45) is 5.92 Å². The highest BCUT2D eigenvalue weighted by Gasteiger charge is 2.67. The molecular weight excluding hydrogens is 372 g/mol. The number of likely N-dealkylation sites (tertiary alicyclic amines) is 1. The predicted molar refractivity (Wildman–Crippen MR) is 115 cm³/mol. The number of nitrogens with zero attached hydrogens (tertiary/aromatic N) is 1. The molecule has 0 radical (unpaired) electrons. The minimum Gasteiger partial charge on any atom is -0.351 e. The highest BCUT2D eigenvalue weighted by Crippen LogP contribution is 2.66. The van der Waals surface area contributed by atoms with Gasteiger partial charge in [0.25, 0.3) is 5.91 Å². The molecule has 1 N–H and O–H groups in total. The molecule has 2 atom stereocenters. The molecule has 1 saturated carbocycles. The summed E-state index contributed by atoms with van der Waals surface area (Å²) in [6.45, 7) is 4.84. The average molecular weight is 392 g/mol. The van der Waals surface area contributed by atoms with Gasteiger partial charge >= 0.3 is 0 Å². The Labute approximate surface area is 173 Å². The number of carbonyl (C=O) groups excluding carboxylic acids is 2. The van der Waals surface area contributed by atoms with Crippen molar-refractivity contribution in [2.75, 3.05) is 6.54 Å². The summed E-state index contributed by atoms with van der Waals surface area (Å²) in [5.41, 5.74) is 7.89. The number of aromatic nitrogens is 1. The van der Waals surface area contributed by atoms with Crippen LogP contribution in [0, 0.1) is 5.92 Å². The third-order valence-corrected chi connectivity index (χ3v) is 7.59. The number of hydrogen-bond acceptors (Lipinski definition) is 2. The summed E-state index contributed by atoms with van der Waals surface area (Å²) >= 11 is 0. The number of aromatic amines is 1. The highest BCUT2D eigenvalue weighted by atomic mass is 16.2. The Morgan fingerprint density at radius 3 is 2.90 bits per heavy atom. The number of nitrogens with one attached hydrogen (secondary N) is 1. The number of benzene rings is 2. The van der Waals surface area contributed by atoms with Crippen LogP contribution in [0.3, 0.4) is 0 Å². The van der Waals surface area contributed by atoms with Gasteiger partial charge in [-0.1, -0.05) is 30.8 Å². The second-order valence-electron chi connectivity index (χ2n) is 9.11. The summed E-state index contributed by atoms with van der Waals surface area (Å²) in [6, 6.07) is 14.1. The van der Waals surface area contributed by atoms with Crippen LogP contribution in [0.5, 0.6) is 0 Å². The van der Waals surface area contributed by atoms with E-state index in [1.54, 1.807) is 6.08 Å². The van der Waals surface area contributed by atoms with E-state index in [0.717, 1.165) is 47.0 Å². The number of allylic oxidation sites excluding steroid dienone is 3. The number of carbonyl (C=O) groups is 2. The maximum absolute atomic E-state index is 13.5. The van der Waals surface area contributed by atoms with Crippen LogP contribution in [0.15, 0.2) is 60.8 Å². The average Bonchev–Trinajstić information content (AvgIpc) is 3.02. The molecule has 1 spiro atoms. The van der Waals surface area contributed by atoms with Crippen molar-refractivity contribution in [3.63, 3.8) is 0 Å². The van der Waals surface area contributed by atoms with Crippen molar-refractivity contribution in [3.05, 3.63) is 88.8 Å². The zero-order valence-corrected chi connectivity index (χ0v) is 16.5. The van der Waals surface area contributed by atoms with Crippen LogP contribution < -0.4 is 0 Å². The van der Waals surface area contributed by atoms with Crippen molar-refractivity contribution in [1.82, 2.24) is 9.88 Å². The maximum atomic E-state index is 13.5. The van der Waals surface area contributed by atoms with Gasteiger partial charge in [0.1, 0.15) is 5.69 Å². The van der Waals surface area contributed by atoms with E-state index in [0.29, 0.717) is 18.2 Å². The fourth-order valence-corrected chi connectivity index (χ4v) is 6.02. The van der Waals surface area contributed by atoms with Gasteiger partial charge in [0.05, 0.1) is 0 Å². The lowest BCUT2D eigenvalue weighted by Crippen LogP contribution is -2.33. The Hall–Kier alpha value is -3.40. The number of hydrogen-bond donors (Lipinski definition) is 1. The van der Waals surface area contributed by atoms with Crippen LogP contribution in [-0.2, 0) is 11.8 Å². The number of piperidine rings is 1. The summed E-state index contributed by atoms with van der Waals surface area (Å²) in [4.78, 5) is 31.4. The molecule has 1 saturated heterocycles. The molecule has 3 aromatic rings. The Balaban J connectivity index is 1.30. The third-order valence-electron chi connectivity index (χ3n) is 7.59. The lowest BCUT2D eigenvalue weighted by atomic mass is 9.81. The van der Waals surface area contributed by atoms with Gasteiger partial charge in [-0.05, 0) is 65.6 Å². The normalized spacial score (nSPS) is 25.7. The molecule has 0 unspecified atom stereocenters. The molecule has 1 amide bonds. The topological polar surface area (TPSA) is 53.2 Å². The fraction of sp³-hybridized carbons (Fsp3) is 0.231. The lowest BCUT2D eigenvalue weighted by molar-refractivity contribution is 0.0806. The summed E-state index contributed by atoms with van der Waals surface area (Å²) in [5.74, 6) is 0.358. The first kappa shape index (κ1) is 16.4. The summed E-state index contributed by atoms with van der Waals surface area (Å²) < 4.78 is 0. The van der Waals surface area contributed by atoms with Gasteiger partial charge in [-0.2, -0.15) is 0 Å². The van der Waals surface area contributed by atoms with Gasteiger partial charge < -0.3 is 9.88 Å². The molecule has 1 aliphatic heterocycles. The molecule has 4 heteroatoms. The van der Waals surface area contributed by atoms with E-state index in [-0.39, 0.29) is 17.1 Å². The summed E-state index contributed by atoms with van der Waals surface area (Å²) in [6.07, 6.45) is 4.74. The molecular formula is C26H20N2O2. The van der Waals surface area contributed by atoms with Crippen molar-refractivity contribution in [1.29, 1.82) is 0 Å². The summed E-state index contributed by atoms with van der Waals surface area (Å²) in [7, 11) is 0. The Kier molecular flexibility index (Phi) is 2.84. The zero-order chi connectivity index (χ0) is 20.2. The molecule has 3 aliphatic carbocycles. The SMILES string of the molecule is C=C1CCc2cc3[nH]c(C(=O)N4C[C@H]5C[C@@]56C4=CC(=O)c4ccccc46)cc3cc21. The Morgan fingerprint density at radius 2 is 2.00 bits per heavy atom. The monoisotopic (exact) mass is 392 g/mol. The largest absolute Gasteiger partial charge is 0.351 e. The van der Waals surface area contributed by atoms with Gasteiger partial charge in [-0.25, -0.2) is 0 Å². The molecule has 7 rings (SSSR count). The van der Waals surface area contributed by atoms with Gasteiger partial charge in [-0.3, -0.25) is 9.59 Å². The van der Waals surface area contributed by atoms with Crippen molar-refractivity contribution < 1.29 is 9.59 Å². The number of amides is 1. The van der Waals surface area contributed by atoms with Gasteiger partial charge in [0.15, 0.2) is 5.78 Å². The van der Waals surface area contributed by atoms with Crippen LogP contribution in [0.1, 0.15) is 50.4 Å². The molecule has 146 valence electrons. The first-order chi connectivity index (χ1) is 14.6. The molecule has 4 nitrogen and oxygen atoms in total. The number of aryl methyl sites for hydroxylation is 1. The molecule has 1 aromatic heterocycles. The zero-order valence-electron chi connectivity index (χ0n) is 16.5. The van der Waals surface area contributed by atoms with Crippen LogP contribution in [0.2, 0.25) is 0 Å². The standard InChI is InChI=1S/C26H20N2O2/c1-14-6-7-15-9-21-16(8-19(14)15)10-22(27-21)25(30)28-13-17-12-26(17)20-5-3-2-4-18(20)23(29)11-24(26)28/h2-5,8-11,17,27H,1,6-7,12-13H2/t17-,26-/m1/s1. The van der Waals surface area contributed by atoms with E-state index >= 15 is 0 Å². The van der Waals surface area contributed by atoms with E-state index in [1.807, 2.05) is 29.2 Å². The first-order valence-electron chi connectivity index (χ1n) is 10.6. The van der Waals surface area contributed by atoms with E-state index in [2.05, 4.69) is 29.8 Å². The molecule has 4 aliphatic rings. The van der Waals surface area contributed by atoms with Crippen molar-refractivity contribution in [2.45, 2.75) is 24.7 Å². The highest BCUT2D eigenvalue weighted by molar-refractivity contribution is 6.10. The van der Waals surface area contributed by atoms with Gasteiger partial charge in [0.2, 0.25) is 0 Å². The van der Waals surface area contributed by atoms with Crippen LogP contribution in [0.4, 0.5) is 0 Å². The lowest BCUT2D eigenvalue weighted by Gasteiger charge is -2.29. The Morgan fingerprint density at radius 1 is 1.13 bits per heavy atom. The second-order valence-corrected chi connectivity index (χ2v) is 9.11. The molecule has 0 bridgehead atoms. The van der Waals surface area contributed by atoms with Crippen molar-refractivity contribution >= 4 is 28.2 Å². The maximum Gasteiger partial charge on any atom is 0.274 e. The number of H-pyrrole nitrogens is 1. The number of rotatable bonds is 1. The predicted octanol–water partition coefficient (Wildman–Crippen LogP) is 4.62. The Bertz CT molecular complexity index is 1370. The van der Waals surface area contributed by atoms with E-state index in [1.165, 1.54) is 16.7 Å². The smallest absolute Gasteiger partial charge is 0.274 e. The third kappa shape index (κ3) is 1.87. The van der Waals surface area contributed by atoms with E-state index in [9.17, 15) is 9.59 Å².